The van der Waals surface area contributed by atoms with E-state index < -0.39 is 0 Å². The Bertz CT molecular complexity index is 530. The number of rotatable bonds is 5. The third-order valence-corrected chi connectivity index (χ3v) is 4.31. The Labute approximate surface area is 125 Å². The third-order valence-electron chi connectivity index (χ3n) is 3.09. The van der Waals surface area contributed by atoms with Crippen LogP contribution in [0.1, 0.15) is 17.2 Å². The van der Waals surface area contributed by atoms with Crippen LogP contribution in [-0.4, -0.2) is 18.5 Å². The molecule has 0 spiro atoms. The first-order valence-corrected chi connectivity index (χ1v) is 7.71. The van der Waals surface area contributed by atoms with Crippen molar-refractivity contribution in [2.45, 2.75) is 12.6 Å². The molecule has 0 bridgehead atoms. The smallest absolute Gasteiger partial charge is 0.129 e. The number of thiophene rings is 1. The average molecular weight is 343 g/mol. The van der Waals surface area contributed by atoms with Crippen LogP contribution in [0.3, 0.4) is 0 Å². The highest BCUT2D eigenvalue weighted by molar-refractivity contribution is 9.10. The molecule has 102 valence electrons. The van der Waals surface area contributed by atoms with Gasteiger partial charge in [0.15, 0.2) is 0 Å². The van der Waals surface area contributed by atoms with Crippen LogP contribution in [0.2, 0.25) is 0 Å². The molecule has 0 aliphatic carbocycles. The first-order valence-electron chi connectivity index (χ1n) is 5.98. The molecule has 2 N–H and O–H groups in total. The first kappa shape index (κ1) is 14.7. The van der Waals surface area contributed by atoms with E-state index in [1.807, 2.05) is 18.5 Å². The van der Waals surface area contributed by atoms with Crippen LogP contribution in [0.5, 0.6) is 0 Å². The van der Waals surface area contributed by atoms with Crippen molar-refractivity contribution >= 4 is 27.3 Å². The van der Waals surface area contributed by atoms with E-state index in [0.29, 0.717) is 12.1 Å². The van der Waals surface area contributed by atoms with Gasteiger partial charge in [0.2, 0.25) is 0 Å². The molecule has 0 fully saturated rings. The van der Waals surface area contributed by atoms with Gasteiger partial charge in [0.05, 0.1) is 0 Å². The van der Waals surface area contributed by atoms with Crippen molar-refractivity contribution in [1.82, 2.24) is 4.90 Å². The molecule has 1 aromatic heterocycles. The Kier molecular flexibility index (Phi) is 5.10. The Balaban J connectivity index is 2.18. The maximum absolute atomic E-state index is 14.0. The zero-order valence-electron chi connectivity index (χ0n) is 10.6. The summed E-state index contributed by atoms with van der Waals surface area (Å²) in [5, 5.41) is 4.14. The highest BCUT2D eigenvalue weighted by Crippen LogP contribution is 2.25. The van der Waals surface area contributed by atoms with Gasteiger partial charge in [-0.2, -0.15) is 11.3 Å². The van der Waals surface area contributed by atoms with Gasteiger partial charge in [0.25, 0.3) is 0 Å². The van der Waals surface area contributed by atoms with Crippen LogP contribution in [-0.2, 0) is 6.54 Å². The van der Waals surface area contributed by atoms with Gasteiger partial charge in [-0.25, -0.2) is 4.39 Å². The molecular weight excluding hydrogens is 327 g/mol. The van der Waals surface area contributed by atoms with Crippen molar-refractivity contribution in [3.8, 4) is 0 Å². The topological polar surface area (TPSA) is 29.3 Å². The van der Waals surface area contributed by atoms with E-state index in [1.54, 1.807) is 17.4 Å². The second kappa shape index (κ2) is 6.61. The fraction of sp³-hybridized carbons (Fsp3) is 0.286. The van der Waals surface area contributed by atoms with Crippen LogP contribution < -0.4 is 5.73 Å². The van der Waals surface area contributed by atoms with Crippen LogP contribution >= 0.6 is 27.3 Å². The average Bonchev–Trinajstić information content (AvgIpc) is 2.85. The van der Waals surface area contributed by atoms with Crippen molar-refractivity contribution in [2.24, 2.45) is 5.73 Å². The minimum absolute atomic E-state index is 0.118. The van der Waals surface area contributed by atoms with Crippen LogP contribution in [0.4, 0.5) is 4.39 Å². The molecule has 0 saturated heterocycles. The zero-order chi connectivity index (χ0) is 13.8. The molecule has 0 aliphatic heterocycles. The number of hydrogen-bond acceptors (Lipinski definition) is 3. The van der Waals surface area contributed by atoms with E-state index in [9.17, 15) is 4.39 Å². The normalized spacial score (nSPS) is 12.9. The predicted octanol–water partition coefficient (Wildman–Crippen LogP) is 3.78. The molecule has 1 atom stereocenters. The molecule has 2 aromatic rings. The molecule has 0 amide bonds. The van der Waals surface area contributed by atoms with Gasteiger partial charge >= 0.3 is 0 Å². The van der Waals surface area contributed by atoms with Crippen molar-refractivity contribution in [2.75, 3.05) is 13.6 Å². The van der Waals surface area contributed by atoms with E-state index >= 15 is 0 Å². The summed E-state index contributed by atoms with van der Waals surface area (Å²) in [6.45, 7) is 1.15. The molecule has 0 aliphatic rings. The summed E-state index contributed by atoms with van der Waals surface area (Å²) in [5.41, 5.74) is 7.69. The summed E-state index contributed by atoms with van der Waals surface area (Å²) in [6.07, 6.45) is 0. The van der Waals surface area contributed by atoms with E-state index in [4.69, 9.17) is 5.73 Å². The fourth-order valence-corrected chi connectivity index (χ4v) is 3.09. The minimum atomic E-state index is -0.220. The summed E-state index contributed by atoms with van der Waals surface area (Å²) in [4.78, 5) is 2.08. The lowest BCUT2D eigenvalue weighted by Gasteiger charge is -2.27. The number of hydrogen-bond donors (Lipinski definition) is 1. The van der Waals surface area contributed by atoms with Gasteiger partial charge in [-0.3, -0.25) is 4.90 Å². The monoisotopic (exact) mass is 342 g/mol. The summed E-state index contributed by atoms with van der Waals surface area (Å²) < 4.78 is 14.8. The predicted molar refractivity (Wildman–Crippen MR) is 81.7 cm³/mol. The Hall–Kier alpha value is -0.750. The summed E-state index contributed by atoms with van der Waals surface area (Å²) in [6, 6.07) is 7.08. The zero-order valence-corrected chi connectivity index (χ0v) is 13.0. The van der Waals surface area contributed by atoms with Crippen LogP contribution in [0, 0.1) is 5.82 Å². The minimum Gasteiger partial charge on any atom is -0.329 e. The maximum Gasteiger partial charge on any atom is 0.129 e. The molecule has 5 heteroatoms. The molecule has 0 radical (unpaired) electrons. The largest absolute Gasteiger partial charge is 0.329 e. The summed E-state index contributed by atoms with van der Waals surface area (Å²) in [5.74, 6) is -0.220. The van der Waals surface area contributed by atoms with Crippen molar-refractivity contribution < 1.29 is 4.39 Å². The van der Waals surface area contributed by atoms with Crippen molar-refractivity contribution in [3.63, 3.8) is 0 Å². The van der Waals surface area contributed by atoms with Crippen molar-refractivity contribution in [3.05, 3.63) is 56.4 Å². The fourth-order valence-electron chi connectivity index (χ4n) is 2.10. The third kappa shape index (κ3) is 3.63. The lowest BCUT2D eigenvalue weighted by atomic mass is 10.0. The van der Waals surface area contributed by atoms with Gasteiger partial charge in [0, 0.05) is 29.2 Å². The van der Waals surface area contributed by atoms with Gasteiger partial charge in [-0.05, 0) is 41.6 Å². The second-order valence-corrected chi connectivity index (χ2v) is 6.16. The molecule has 1 unspecified atom stereocenters. The lowest BCUT2D eigenvalue weighted by Crippen LogP contribution is -2.30. The standard InChI is InChI=1S/C14H16BrFN2S/c1-18(8-10-4-5-19-9-10)14(7-17)12-3-2-11(15)6-13(12)16/h2-6,9,14H,7-8,17H2,1H3. The van der Waals surface area contributed by atoms with Crippen LogP contribution in [0.15, 0.2) is 39.5 Å². The molecule has 2 nitrogen and oxygen atoms in total. The Morgan fingerprint density at radius 2 is 2.21 bits per heavy atom. The van der Waals surface area contributed by atoms with Gasteiger partial charge in [0.1, 0.15) is 5.82 Å². The van der Waals surface area contributed by atoms with Gasteiger partial charge < -0.3 is 5.73 Å². The molecule has 2 rings (SSSR count). The maximum atomic E-state index is 14.0. The highest BCUT2D eigenvalue weighted by Gasteiger charge is 2.19. The molecule has 0 saturated carbocycles. The van der Waals surface area contributed by atoms with Crippen LogP contribution in [0.25, 0.3) is 0 Å². The van der Waals surface area contributed by atoms with E-state index in [2.05, 4.69) is 32.3 Å². The SMILES string of the molecule is CN(Cc1ccsc1)C(CN)c1ccc(Br)cc1F. The van der Waals surface area contributed by atoms with E-state index in [0.717, 1.165) is 11.0 Å². The Morgan fingerprint density at radius 1 is 1.42 bits per heavy atom. The molecule has 1 aromatic carbocycles. The number of likely N-dealkylation sites (N-methyl/N-ethyl adjacent to an activating group) is 1. The van der Waals surface area contributed by atoms with Gasteiger partial charge in [-0.15, -0.1) is 0 Å². The van der Waals surface area contributed by atoms with E-state index in [-0.39, 0.29) is 11.9 Å². The van der Waals surface area contributed by atoms with Gasteiger partial charge in [-0.1, -0.05) is 22.0 Å². The molecular formula is C14H16BrFN2S. The lowest BCUT2D eigenvalue weighted by molar-refractivity contribution is 0.237. The van der Waals surface area contributed by atoms with E-state index in [1.165, 1.54) is 11.6 Å². The number of nitrogens with zero attached hydrogens (tertiary/aromatic N) is 1. The summed E-state index contributed by atoms with van der Waals surface area (Å²) >= 11 is 4.93. The number of halogens is 2. The molecule has 19 heavy (non-hydrogen) atoms. The number of nitrogens with two attached hydrogens (primary N) is 1. The quantitative estimate of drug-likeness (QED) is 0.895. The summed E-state index contributed by atoms with van der Waals surface area (Å²) in [7, 11) is 1.97. The first-order chi connectivity index (χ1) is 9.11. The Morgan fingerprint density at radius 3 is 2.79 bits per heavy atom. The molecule has 1 heterocycles. The number of benzene rings is 1. The highest BCUT2D eigenvalue weighted by atomic mass is 79.9. The second-order valence-electron chi connectivity index (χ2n) is 4.46. The van der Waals surface area contributed by atoms with Crippen molar-refractivity contribution in [1.29, 1.82) is 0 Å².